The molecule has 0 saturated heterocycles. The maximum atomic E-state index is 12.6. The number of amides is 1. The van der Waals surface area contributed by atoms with Crippen LogP contribution in [0.3, 0.4) is 0 Å². The van der Waals surface area contributed by atoms with Gasteiger partial charge in [-0.05, 0) is 41.8 Å². The van der Waals surface area contributed by atoms with Crippen molar-refractivity contribution in [1.82, 2.24) is 9.88 Å². The average molecular weight is 283 g/mol. The zero-order chi connectivity index (χ0) is 14.8. The van der Waals surface area contributed by atoms with Crippen LogP contribution >= 0.6 is 0 Å². The topological polar surface area (TPSA) is 79.5 Å². The van der Waals surface area contributed by atoms with E-state index >= 15 is 0 Å². The molecule has 108 valence electrons. The van der Waals surface area contributed by atoms with Crippen LogP contribution in [0.25, 0.3) is 0 Å². The number of hydrogen-bond donors (Lipinski definition) is 2. The number of fused-ring (bicyclic) bond motifs is 1. The predicted octanol–water partition coefficient (Wildman–Crippen LogP) is 1.44. The Hall–Kier alpha value is -2.40. The van der Waals surface area contributed by atoms with Crippen LogP contribution in [-0.4, -0.2) is 27.4 Å². The van der Waals surface area contributed by atoms with Crippen molar-refractivity contribution >= 4 is 5.91 Å². The number of aromatic nitrogens is 1. The van der Waals surface area contributed by atoms with Crippen LogP contribution < -0.4 is 5.73 Å². The van der Waals surface area contributed by atoms with Gasteiger partial charge in [-0.15, -0.1) is 0 Å². The highest BCUT2D eigenvalue weighted by atomic mass is 16.3. The van der Waals surface area contributed by atoms with Crippen molar-refractivity contribution in [1.29, 1.82) is 0 Å². The summed E-state index contributed by atoms with van der Waals surface area (Å²) >= 11 is 0. The van der Waals surface area contributed by atoms with Gasteiger partial charge in [0.25, 0.3) is 5.91 Å². The maximum absolute atomic E-state index is 12.6. The zero-order valence-corrected chi connectivity index (χ0v) is 11.6. The van der Waals surface area contributed by atoms with Crippen LogP contribution in [0.2, 0.25) is 0 Å². The fourth-order valence-electron chi connectivity index (χ4n) is 2.62. The summed E-state index contributed by atoms with van der Waals surface area (Å²) in [6.07, 6.45) is 2.41. The minimum absolute atomic E-state index is 0.0268. The Balaban J connectivity index is 1.83. The molecule has 3 N–H and O–H groups in total. The molecule has 1 aromatic carbocycles. The Bertz CT molecular complexity index is 685. The van der Waals surface area contributed by atoms with Crippen molar-refractivity contribution in [3.05, 3.63) is 58.9 Å². The second-order valence-electron chi connectivity index (χ2n) is 5.17. The molecule has 0 spiro atoms. The number of pyridine rings is 1. The molecule has 5 heteroatoms. The van der Waals surface area contributed by atoms with E-state index < -0.39 is 0 Å². The van der Waals surface area contributed by atoms with Crippen LogP contribution in [0, 0.1) is 0 Å². The number of carbonyl (C=O) groups excluding carboxylic acids is 1. The molecule has 1 aliphatic rings. The Morgan fingerprint density at radius 1 is 1.29 bits per heavy atom. The molecule has 0 radical (unpaired) electrons. The standard InChI is InChI=1S/C16H17N3O2/c17-9-14-7-12(3-5-18-14)16(21)19-6-4-11-1-2-15(20)8-13(11)10-19/h1-3,5,7-8,20H,4,6,9-10,17H2. The number of benzene rings is 1. The minimum atomic E-state index is -0.0268. The van der Waals surface area contributed by atoms with Gasteiger partial charge in [-0.2, -0.15) is 0 Å². The second-order valence-corrected chi connectivity index (χ2v) is 5.17. The quantitative estimate of drug-likeness (QED) is 0.874. The van der Waals surface area contributed by atoms with Gasteiger partial charge in [0.15, 0.2) is 0 Å². The first kappa shape index (κ1) is 13.6. The van der Waals surface area contributed by atoms with Gasteiger partial charge in [-0.3, -0.25) is 9.78 Å². The van der Waals surface area contributed by atoms with Crippen molar-refractivity contribution in [3.63, 3.8) is 0 Å². The lowest BCUT2D eigenvalue weighted by Gasteiger charge is -2.29. The number of nitrogens with zero attached hydrogens (tertiary/aromatic N) is 2. The third kappa shape index (κ3) is 2.73. The van der Waals surface area contributed by atoms with Gasteiger partial charge in [0, 0.05) is 31.4 Å². The second kappa shape index (κ2) is 5.54. The molecule has 2 aromatic rings. The lowest BCUT2D eigenvalue weighted by Crippen LogP contribution is -2.36. The van der Waals surface area contributed by atoms with Gasteiger partial charge in [-0.25, -0.2) is 0 Å². The number of nitrogens with two attached hydrogens (primary N) is 1. The first-order valence-electron chi connectivity index (χ1n) is 6.92. The van der Waals surface area contributed by atoms with Gasteiger partial charge >= 0.3 is 0 Å². The van der Waals surface area contributed by atoms with E-state index in [2.05, 4.69) is 4.98 Å². The fraction of sp³-hybridized carbons (Fsp3) is 0.250. The summed E-state index contributed by atoms with van der Waals surface area (Å²) in [5, 5.41) is 9.57. The molecule has 0 fully saturated rings. The molecule has 1 amide bonds. The van der Waals surface area contributed by atoms with Gasteiger partial charge in [0.05, 0.1) is 5.69 Å². The van der Waals surface area contributed by atoms with Crippen LogP contribution in [0.5, 0.6) is 5.75 Å². The molecule has 0 saturated carbocycles. The summed E-state index contributed by atoms with van der Waals surface area (Å²) < 4.78 is 0. The molecule has 1 aliphatic heterocycles. The van der Waals surface area contributed by atoms with Crippen molar-refractivity contribution in [2.75, 3.05) is 6.54 Å². The van der Waals surface area contributed by atoms with Crippen LogP contribution in [0.1, 0.15) is 27.2 Å². The molecule has 1 aromatic heterocycles. The highest BCUT2D eigenvalue weighted by Gasteiger charge is 2.22. The molecule has 0 bridgehead atoms. The number of hydrogen-bond acceptors (Lipinski definition) is 4. The largest absolute Gasteiger partial charge is 0.508 e. The Kier molecular flexibility index (Phi) is 3.58. The summed E-state index contributed by atoms with van der Waals surface area (Å²) in [5.41, 5.74) is 9.06. The van der Waals surface area contributed by atoms with E-state index in [-0.39, 0.29) is 11.7 Å². The summed E-state index contributed by atoms with van der Waals surface area (Å²) in [7, 11) is 0. The van der Waals surface area contributed by atoms with Gasteiger partial charge in [-0.1, -0.05) is 6.07 Å². The molecule has 3 rings (SSSR count). The highest BCUT2D eigenvalue weighted by molar-refractivity contribution is 5.94. The Morgan fingerprint density at radius 3 is 2.95 bits per heavy atom. The Labute approximate surface area is 123 Å². The van der Waals surface area contributed by atoms with Gasteiger partial charge < -0.3 is 15.7 Å². The smallest absolute Gasteiger partial charge is 0.254 e. The van der Waals surface area contributed by atoms with Crippen molar-refractivity contribution in [3.8, 4) is 5.75 Å². The van der Waals surface area contributed by atoms with Crippen molar-refractivity contribution in [2.45, 2.75) is 19.5 Å². The number of aromatic hydroxyl groups is 1. The summed E-state index contributed by atoms with van der Waals surface area (Å²) in [6, 6.07) is 8.78. The fourth-order valence-corrected chi connectivity index (χ4v) is 2.62. The number of phenols is 1. The predicted molar refractivity (Wildman–Crippen MR) is 78.7 cm³/mol. The number of phenolic OH excluding ortho intramolecular Hbond substituents is 1. The lowest BCUT2D eigenvalue weighted by atomic mass is 9.99. The third-order valence-corrected chi connectivity index (χ3v) is 3.76. The van der Waals surface area contributed by atoms with Crippen molar-refractivity contribution < 1.29 is 9.90 Å². The van der Waals surface area contributed by atoms with E-state index in [1.54, 1.807) is 35.4 Å². The highest BCUT2D eigenvalue weighted by Crippen LogP contribution is 2.24. The first-order valence-corrected chi connectivity index (χ1v) is 6.92. The molecule has 2 heterocycles. The maximum Gasteiger partial charge on any atom is 0.254 e. The van der Waals surface area contributed by atoms with Crippen LogP contribution in [0.4, 0.5) is 0 Å². The number of rotatable bonds is 2. The van der Waals surface area contributed by atoms with Crippen molar-refractivity contribution in [2.24, 2.45) is 5.73 Å². The number of carbonyl (C=O) groups is 1. The normalized spacial score (nSPS) is 13.9. The van der Waals surface area contributed by atoms with E-state index in [1.165, 1.54) is 5.56 Å². The van der Waals surface area contributed by atoms with Crippen LogP contribution in [0.15, 0.2) is 36.5 Å². The minimum Gasteiger partial charge on any atom is -0.508 e. The third-order valence-electron chi connectivity index (χ3n) is 3.76. The first-order chi connectivity index (χ1) is 10.2. The molecule has 5 nitrogen and oxygen atoms in total. The van der Waals surface area contributed by atoms with Gasteiger partial charge in [0.2, 0.25) is 0 Å². The van der Waals surface area contributed by atoms with E-state index in [0.717, 1.165) is 12.0 Å². The van der Waals surface area contributed by atoms with E-state index in [0.29, 0.717) is 30.9 Å². The summed E-state index contributed by atoms with van der Waals surface area (Å²) in [6.45, 7) is 1.51. The van der Waals surface area contributed by atoms with Crippen LogP contribution in [-0.2, 0) is 19.5 Å². The van der Waals surface area contributed by atoms with E-state index in [9.17, 15) is 9.90 Å². The monoisotopic (exact) mass is 283 g/mol. The van der Waals surface area contributed by atoms with Gasteiger partial charge in [0.1, 0.15) is 5.75 Å². The van der Waals surface area contributed by atoms with E-state index in [1.807, 2.05) is 6.07 Å². The molecular weight excluding hydrogens is 266 g/mol. The molecule has 21 heavy (non-hydrogen) atoms. The zero-order valence-electron chi connectivity index (χ0n) is 11.6. The van der Waals surface area contributed by atoms with E-state index in [4.69, 9.17) is 5.73 Å². The molecule has 0 atom stereocenters. The summed E-state index contributed by atoms with van der Waals surface area (Å²) in [5.74, 6) is 0.207. The lowest BCUT2D eigenvalue weighted by molar-refractivity contribution is 0.0734. The molecule has 0 unspecified atom stereocenters. The average Bonchev–Trinajstić information content (AvgIpc) is 2.53. The summed E-state index contributed by atoms with van der Waals surface area (Å²) in [4.78, 5) is 18.5. The molecular formula is C16H17N3O2. The molecule has 0 aliphatic carbocycles. The Morgan fingerprint density at radius 2 is 2.14 bits per heavy atom. The SMILES string of the molecule is NCc1cc(C(=O)N2CCc3ccc(O)cc3C2)ccn1.